The van der Waals surface area contributed by atoms with Crippen LogP contribution in [-0.2, 0) is 4.79 Å². The molecular weight excluding hydrogens is 219 g/mol. The number of hydrogen-bond donors (Lipinski definition) is 2. The maximum atomic E-state index is 13.3. The lowest BCUT2D eigenvalue weighted by molar-refractivity contribution is -0.119. The average Bonchev–Trinajstić information content (AvgIpc) is 2.31. The molecule has 1 amide bonds. The molecule has 0 aliphatic heterocycles. The number of rotatable bonds is 5. The molecule has 94 valence electrons. The standard InChI is InChI=1S/C13H19FN2O/c1-4-15-8-9(2)13(17)16-12-7-5-6-11(14)10(12)3/h5-7,9,15H,4,8H2,1-3H3,(H,16,17). The first kappa shape index (κ1) is 13.6. The topological polar surface area (TPSA) is 41.1 Å². The van der Waals surface area contributed by atoms with Crippen molar-refractivity contribution in [3.8, 4) is 0 Å². The first-order chi connectivity index (χ1) is 8.06. The Bertz CT molecular complexity index is 393. The third-order valence-corrected chi connectivity index (χ3v) is 2.67. The Balaban J connectivity index is 2.64. The molecule has 0 radical (unpaired) electrons. The number of nitrogens with one attached hydrogen (secondary N) is 2. The van der Waals surface area contributed by atoms with Crippen molar-refractivity contribution in [3.05, 3.63) is 29.6 Å². The van der Waals surface area contributed by atoms with Crippen LogP contribution in [0.3, 0.4) is 0 Å². The minimum absolute atomic E-state index is 0.0975. The zero-order valence-electron chi connectivity index (χ0n) is 10.5. The van der Waals surface area contributed by atoms with Crippen molar-refractivity contribution in [1.29, 1.82) is 0 Å². The number of hydrogen-bond acceptors (Lipinski definition) is 2. The Hall–Kier alpha value is -1.42. The molecule has 1 rings (SSSR count). The van der Waals surface area contributed by atoms with Gasteiger partial charge in [0.05, 0.1) is 0 Å². The number of amides is 1. The van der Waals surface area contributed by atoms with Crippen LogP contribution in [0.25, 0.3) is 0 Å². The van der Waals surface area contributed by atoms with Crippen molar-refractivity contribution in [3.63, 3.8) is 0 Å². The van der Waals surface area contributed by atoms with Gasteiger partial charge in [-0.1, -0.05) is 19.9 Å². The van der Waals surface area contributed by atoms with Crippen LogP contribution in [0.1, 0.15) is 19.4 Å². The summed E-state index contributed by atoms with van der Waals surface area (Å²) >= 11 is 0. The first-order valence-electron chi connectivity index (χ1n) is 5.83. The van der Waals surface area contributed by atoms with Gasteiger partial charge in [0.1, 0.15) is 5.82 Å². The van der Waals surface area contributed by atoms with E-state index in [1.54, 1.807) is 19.1 Å². The van der Waals surface area contributed by atoms with Crippen LogP contribution in [-0.4, -0.2) is 19.0 Å². The van der Waals surface area contributed by atoms with E-state index in [9.17, 15) is 9.18 Å². The number of anilines is 1. The minimum atomic E-state index is -0.304. The summed E-state index contributed by atoms with van der Waals surface area (Å²) < 4.78 is 13.3. The van der Waals surface area contributed by atoms with Crippen LogP contribution < -0.4 is 10.6 Å². The summed E-state index contributed by atoms with van der Waals surface area (Å²) in [6.07, 6.45) is 0. The molecule has 1 aromatic carbocycles. The molecule has 0 aliphatic carbocycles. The lowest BCUT2D eigenvalue weighted by Crippen LogP contribution is -2.30. The summed E-state index contributed by atoms with van der Waals surface area (Å²) in [5.74, 6) is -0.542. The van der Waals surface area contributed by atoms with Gasteiger partial charge in [-0.2, -0.15) is 0 Å². The third kappa shape index (κ3) is 3.82. The van der Waals surface area contributed by atoms with Gasteiger partial charge in [-0.15, -0.1) is 0 Å². The molecule has 3 nitrogen and oxygen atoms in total. The fraction of sp³-hybridized carbons (Fsp3) is 0.462. The van der Waals surface area contributed by atoms with Gasteiger partial charge in [-0.25, -0.2) is 4.39 Å². The molecular formula is C13H19FN2O. The van der Waals surface area contributed by atoms with E-state index in [1.807, 2.05) is 13.8 Å². The zero-order chi connectivity index (χ0) is 12.8. The molecule has 0 spiro atoms. The van der Waals surface area contributed by atoms with Gasteiger partial charge < -0.3 is 10.6 Å². The van der Waals surface area contributed by atoms with Crippen LogP contribution in [0.2, 0.25) is 0 Å². The fourth-order valence-corrected chi connectivity index (χ4v) is 1.45. The molecule has 0 saturated heterocycles. The highest BCUT2D eigenvalue weighted by molar-refractivity contribution is 5.93. The van der Waals surface area contributed by atoms with Crippen molar-refractivity contribution in [2.24, 2.45) is 5.92 Å². The third-order valence-electron chi connectivity index (χ3n) is 2.67. The van der Waals surface area contributed by atoms with E-state index < -0.39 is 0 Å². The van der Waals surface area contributed by atoms with Crippen LogP contribution in [0.15, 0.2) is 18.2 Å². The van der Waals surface area contributed by atoms with Crippen molar-refractivity contribution >= 4 is 11.6 Å². The van der Waals surface area contributed by atoms with Crippen LogP contribution in [0.4, 0.5) is 10.1 Å². The maximum Gasteiger partial charge on any atom is 0.228 e. The predicted octanol–water partition coefficient (Wildman–Crippen LogP) is 2.32. The normalized spacial score (nSPS) is 12.2. The molecule has 1 atom stereocenters. The van der Waals surface area contributed by atoms with E-state index >= 15 is 0 Å². The van der Waals surface area contributed by atoms with Gasteiger partial charge in [0.2, 0.25) is 5.91 Å². The van der Waals surface area contributed by atoms with E-state index in [0.717, 1.165) is 6.54 Å². The van der Waals surface area contributed by atoms with Gasteiger partial charge >= 0.3 is 0 Å². The highest BCUT2D eigenvalue weighted by atomic mass is 19.1. The van der Waals surface area contributed by atoms with E-state index in [-0.39, 0.29) is 17.6 Å². The molecule has 0 saturated carbocycles. The number of carbonyl (C=O) groups excluding carboxylic acids is 1. The summed E-state index contributed by atoms with van der Waals surface area (Å²) in [7, 11) is 0. The Morgan fingerprint density at radius 1 is 1.47 bits per heavy atom. The SMILES string of the molecule is CCNCC(C)C(=O)Nc1cccc(F)c1C. The summed E-state index contributed by atoms with van der Waals surface area (Å²) in [5, 5.41) is 5.85. The van der Waals surface area contributed by atoms with Gasteiger partial charge in [0, 0.05) is 23.7 Å². The predicted molar refractivity (Wildman–Crippen MR) is 67.5 cm³/mol. The summed E-state index contributed by atoms with van der Waals surface area (Å²) in [5.41, 5.74) is 1.01. The molecule has 0 aromatic heterocycles. The van der Waals surface area contributed by atoms with Crippen molar-refractivity contribution < 1.29 is 9.18 Å². The van der Waals surface area contributed by atoms with Crippen LogP contribution in [0, 0.1) is 18.7 Å². The minimum Gasteiger partial charge on any atom is -0.325 e. The Labute approximate surface area is 101 Å². The van der Waals surface area contributed by atoms with E-state index in [0.29, 0.717) is 17.8 Å². The maximum absolute atomic E-state index is 13.3. The van der Waals surface area contributed by atoms with E-state index in [2.05, 4.69) is 10.6 Å². The average molecular weight is 238 g/mol. The van der Waals surface area contributed by atoms with E-state index in [4.69, 9.17) is 0 Å². The lowest BCUT2D eigenvalue weighted by Gasteiger charge is -2.14. The van der Waals surface area contributed by atoms with Gasteiger partial charge in [-0.05, 0) is 25.6 Å². The second kappa shape index (κ2) is 6.35. The first-order valence-corrected chi connectivity index (χ1v) is 5.83. The Kier molecular flexibility index (Phi) is 5.10. The molecule has 0 fully saturated rings. The van der Waals surface area contributed by atoms with Crippen molar-refractivity contribution in [1.82, 2.24) is 5.32 Å². The highest BCUT2D eigenvalue weighted by Crippen LogP contribution is 2.17. The van der Waals surface area contributed by atoms with Gasteiger partial charge in [-0.3, -0.25) is 4.79 Å². The largest absolute Gasteiger partial charge is 0.325 e. The monoisotopic (exact) mass is 238 g/mol. The quantitative estimate of drug-likeness (QED) is 0.826. The lowest BCUT2D eigenvalue weighted by atomic mass is 10.1. The molecule has 1 aromatic rings. The highest BCUT2D eigenvalue weighted by Gasteiger charge is 2.13. The van der Waals surface area contributed by atoms with Crippen LogP contribution in [0.5, 0.6) is 0 Å². The molecule has 17 heavy (non-hydrogen) atoms. The second-order valence-corrected chi connectivity index (χ2v) is 4.11. The van der Waals surface area contributed by atoms with E-state index in [1.165, 1.54) is 6.07 Å². The molecule has 4 heteroatoms. The molecule has 1 unspecified atom stereocenters. The molecule has 0 aliphatic rings. The number of carbonyl (C=O) groups is 1. The molecule has 0 bridgehead atoms. The van der Waals surface area contributed by atoms with Gasteiger partial charge in [0.25, 0.3) is 0 Å². The molecule has 0 heterocycles. The summed E-state index contributed by atoms with van der Waals surface area (Å²) in [6, 6.07) is 4.68. The van der Waals surface area contributed by atoms with Gasteiger partial charge in [0.15, 0.2) is 0 Å². The Morgan fingerprint density at radius 2 is 2.18 bits per heavy atom. The summed E-state index contributed by atoms with van der Waals surface area (Å²) in [6.45, 7) is 6.93. The Morgan fingerprint density at radius 3 is 2.82 bits per heavy atom. The van der Waals surface area contributed by atoms with Crippen molar-refractivity contribution in [2.75, 3.05) is 18.4 Å². The number of halogens is 1. The van der Waals surface area contributed by atoms with Crippen molar-refractivity contribution in [2.45, 2.75) is 20.8 Å². The zero-order valence-corrected chi connectivity index (χ0v) is 10.5. The second-order valence-electron chi connectivity index (χ2n) is 4.11. The smallest absolute Gasteiger partial charge is 0.228 e. The molecule has 2 N–H and O–H groups in total. The fourth-order valence-electron chi connectivity index (χ4n) is 1.45. The number of benzene rings is 1. The van der Waals surface area contributed by atoms with Crippen LogP contribution >= 0.6 is 0 Å². The summed E-state index contributed by atoms with van der Waals surface area (Å²) in [4.78, 5) is 11.8.